The van der Waals surface area contributed by atoms with Crippen molar-refractivity contribution in [1.82, 2.24) is 0 Å². The topological polar surface area (TPSA) is 17.1 Å². The molecule has 2 saturated carbocycles. The zero-order valence-electron chi connectivity index (χ0n) is 15.5. The van der Waals surface area contributed by atoms with Crippen LogP contribution in [-0.4, -0.2) is 5.78 Å². The van der Waals surface area contributed by atoms with Gasteiger partial charge in [-0.1, -0.05) is 72.1 Å². The van der Waals surface area contributed by atoms with Crippen molar-refractivity contribution >= 4 is 52.2 Å². The number of hydrogen-bond donors (Lipinski definition) is 0. The minimum atomic E-state index is -0.0717. The predicted molar refractivity (Wildman–Crippen MR) is 119 cm³/mol. The van der Waals surface area contributed by atoms with Gasteiger partial charge in [0.05, 0.1) is 0 Å². The molecule has 0 spiro atoms. The van der Waals surface area contributed by atoms with Crippen LogP contribution in [0.15, 0.2) is 24.3 Å². The van der Waals surface area contributed by atoms with Gasteiger partial charge in [-0.05, 0) is 72.9 Å². The molecular formula is C23H22Cl4O. The summed E-state index contributed by atoms with van der Waals surface area (Å²) < 4.78 is 0. The Morgan fingerprint density at radius 2 is 1.00 bits per heavy atom. The Labute approximate surface area is 186 Å². The molecule has 0 unspecified atom stereocenters. The van der Waals surface area contributed by atoms with Crippen LogP contribution >= 0.6 is 46.4 Å². The highest BCUT2D eigenvalue weighted by atomic mass is 35.5. The number of hydrogen-bond acceptors (Lipinski definition) is 1. The largest absolute Gasteiger partial charge is 0.289 e. The summed E-state index contributed by atoms with van der Waals surface area (Å²) in [6.45, 7) is 0. The van der Waals surface area contributed by atoms with E-state index in [4.69, 9.17) is 46.4 Å². The van der Waals surface area contributed by atoms with Gasteiger partial charge in [-0.15, -0.1) is 0 Å². The third kappa shape index (κ3) is 3.97. The van der Waals surface area contributed by atoms with E-state index in [0.717, 1.165) is 62.5 Å². The van der Waals surface area contributed by atoms with E-state index >= 15 is 0 Å². The van der Waals surface area contributed by atoms with Crippen LogP contribution in [-0.2, 0) is 0 Å². The fraction of sp³-hybridized carbons (Fsp3) is 0.435. The first-order valence-corrected chi connectivity index (χ1v) is 11.5. The van der Waals surface area contributed by atoms with Crippen LogP contribution in [0, 0.1) is 0 Å². The molecule has 2 aromatic rings. The molecule has 28 heavy (non-hydrogen) atoms. The van der Waals surface area contributed by atoms with Gasteiger partial charge in [0.25, 0.3) is 0 Å². The second-order valence-corrected chi connectivity index (χ2v) is 9.68. The molecular weight excluding hydrogens is 434 g/mol. The predicted octanol–water partition coefficient (Wildman–Crippen LogP) is 8.85. The highest BCUT2D eigenvalue weighted by Gasteiger charge is 2.30. The summed E-state index contributed by atoms with van der Waals surface area (Å²) in [4.78, 5) is 13.8. The normalized spacial score (nSPS) is 18.1. The molecule has 0 aliphatic heterocycles. The molecule has 2 aliphatic carbocycles. The van der Waals surface area contributed by atoms with E-state index in [2.05, 4.69) is 0 Å². The molecule has 2 aliphatic rings. The summed E-state index contributed by atoms with van der Waals surface area (Å²) >= 11 is 25.8. The molecule has 4 rings (SSSR count). The van der Waals surface area contributed by atoms with E-state index in [1.807, 2.05) is 0 Å². The molecule has 2 fully saturated rings. The molecule has 5 heteroatoms. The maximum Gasteiger partial charge on any atom is 0.193 e. The molecule has 1 nitrogen and oxygen atoms in total. The van der Waals surface area contributed by atoms with Gasteiger partial charge in [-0.2, -0.15) is 0 Å². The molecule has 0 saturated heterocycles. The average molecular weight is 456 g/mol. The third-order valence-corrected chi connectivity index (χ3v) is 7.27. The van der Waals surface area contributed by atoms with Crippen LogP contribution in [0.3, 0.4) is 0 Å². The molecule has 0 aromatic heterocycles. The van der Waals surface area contributed by atoms with E-state index in [0.29, 0.717) is 43.1 Å². The van der Waals surface area contributed by atoms with Crippen LogP contribution in [0.4, 0.5) is 0 Å². The molecule has 0 amide bonds. The van der Waals surface area contributed by atoms with Crippen molar-refractivity contribution in [2.24, 2.45) is 0 Å². The lowest BCUT2D eigenvalue weighted by atomic mass is 9.85. The fourth-order valence-corrected chi connectivity index (χ4v) is 6.24. The summed E-state index contributed by atoms with van der Waals surface area (Å²) in [6, 6.07) is 7.01. The van der Waals surface area contributed by atoms with E-state index in [1.54, 1.807) is 24.3 Å². The van der Waals surface area contributed by atoms with Crippen molar-refractivity contribution in [2.45, 2.75) is 63.2 Å². The number of halogens is 4. The monoisotopic (exact) mass is 454 g/mol. The van der Waals surface area contributed by atoms with Crippen molar-refractivity contribution < 1.29 is 4.79 Å². The number of rotatable bonds is 4. The van der Waals surface area contributed by atoms with Crippen LogP contribution in [0.1, 0.15) is 90.3 Å². The summed E-state index contributed by atoms with van der Waals surface area (Å²) in [5, 5.41) is 2.12. The van der Waals surface area contributed by atoms with E-state index in [9.17, 15) is 4.79 Å². The molecule has 0 N–H and O–H groups in total. The molecule has 2 aromatic carbocycles. The lowest BCUT2D eigenvalue weighted by Gasteiger charge is -2.21. The van der Waals surface area contributed by atoms with Crippen LogP contribution in [0.5, 0.6) is 0 Å². The zero-order chi connectivity index (χ0) is 19.8. The van der Waals surface area contributed by atoms with Crippen LogP contribution in [0.25, 0.3) is 0 Å². The SMILES string of the molecule is O=C(c1cc(Cl)cc(Cl)c1C1CCCC1)c1cc(Cl)cc(Cl)c1C1CCCC1. The summed E-state index contributed by atoms with van der Waals surface area (Å²) in [5.41, 5.74) is 3.06. The van der Waals surface area contributed by atoms with E-state index in [1.165, 1.54) is 0 Å². The summed E-state index contributed by atoms with van der Waals surface area (Å²) in [5.74, 6) is 0.527. The smallest absolute Gasteiger partial charge is 0.193 e. The number of ketones is 1. The highest BCUT2D eigenvalue weighted by Crippen LogP contribution is 2.44. The first-order valence-electron chi connectivity index (χ1n) is 9.98. The van der Waals surface area contributed by atoms with Crippen LogP contribution in [0.2, 0.25) is 20.1 Å². The van der Waals surface area contributed by atoms with Crippen molar-refractivity contribution in [3.05, 3.63) is 66.6 Å². The Morgan fingerprint density at radius 3 is 1.36 bits per heavy atom. The zero-order valence-corrected chi connectivity index (χ0v) is 18.6. The maximum atomic E-state index is 13.8. The van der Waals surface area contributed by atoms with Gasteiger partial charge in [0.15, 0.2) is 5.78 Å². The minimum absolute atomic E-state index is 0.0717. The Bertz CT molecular complexity index is 836. The Hall–Kier alpha value is -0.730. The average Bonchev–Trinajstić information content (AvgIpc) is 3.33. The molecule has 0 bridgehead atoms. The summed E-state index contributed by atoms with van der Waals surface area (Å²) in [6.07, 6.45) is 8.84. The fourth-order valence-electron chi connectivity index (χ4n) is 4.95. The molecule has 0 heterocycles. The number of benzene rings is 2. The van der Waals surface area contributed by atoms with Gasteiger partial charge in [-0.25, -0.2) is 0 Å². The van der Waals surface area contributed by atoms with Crippen molar-refractivity contribution in [3.8, 4) is 0 Å². The summed E-state index contributed by atoms with van der Waals surface area (Å²) in [7, 11) is 0. The number of carbonyl (C=O) groups is 1. The second-order valence-electron chi connectivity index (χ2n) is 7.99. The Balaban J connectivity index is 1.87. The molecule has 0 radical (unpaired) electrons. The molecule has 0 atom stereocenters. The number of carbonyl (C=O) groups excluding carboxylic acids is 1. The quantitative estimate of drug-likeness (QED) is 0.420. The van der Waals surface area contributed by atoms with Crippen molar-refractivity contribution in [2.75, 3.05) is 0 Å². The lowest BCUT2D eigenvalue weighted by Crippen LogP contribution is -2.13. The first kappa shape index (κ1) is 20.5. The lowest BCUT2D eigenvalue weighted by molar-refractivity contribution is 0.103. The van der Waals surface area contributed by atoms with E-state index in [-0.39, 0.29) is 5.78 Å². The Morgan fingerprint density at radius 1 is 0.643 bits per heavy atom. The van der Waals surface area contributed by atoms with Crippen molar-refractivity contribution in [1.29, 1.82) is 0 Å². The van der Waals surface area contributed by atoms with Crippen LogP contribution < -0.4 is 0 Å². The van der Waals surface area contributed by atoms with Gasteiger partial charge in [0, 0.05) is 31.2 Å². The first-order chi connectivity index (χ1) is 13.5. The standard InChI is InChI=1S/C23H22Cl4O/c24-15-9-17(21(19(26)11-15)13-5-1-2-6-13)23(28)18-10-16(25)12-20(27)22(18)14-7-3-4-8-14/h9-14H,1-8H2. The third-order valence-electron chi connectivity index (χ3n) is 6.20. The van der Waals surface area contributed by atoms with Gasteiger partial charge in [0.1, 0.15) is 0 Å². The van der Waals surface area contributed by atoms with Crippen molar-refractivity contribution in [3.63, 3.8) is 0 Å². The Kier molecular flexibility index (Phi) is 6.28. The van der Waals surface area contributed by atoms with Gasteiger partial charge in [-0.3, -0.25) is 4.79 Å². The van der Waals surface area contributed by atoms with Gasteiger partial charge < -0.3 is 0 Å². The minimum Gasteiger partial charge on any atom is -0.289 e. The van der Waals surface area contributed by atoms with E-state index < -0.39 is 0 Å². The van der Waals surface area contributed by atoms with Gasteiger partial charge in [0.2, 0.25) is 0 Å². The second kappa shape index (κ2) is 8.56. The highest BCUT2D eigenvalue weighted by molar-refractivity contribution is 6.37. The maximum absolute atomic E-state index is 13.8. The van der Waals surface area contributed by atoms with Gasteiger partial charge >= 0.3 is 0 Å². The molecule has 148 valence electrons.